The molecule has 1 fully saturated rings. The number of benzene rings is 3. The third kappa shape index (κ3) is 7.32. The summed E-state index contributed by atoms with van der Waals surface area (Å²) in [5, 5.41) is 6.02. The molecule has 0 radical (unpaired) electrons. The van der Waals surface area contributed by atoms with E-state index in [0.717, 1.165) is 18.5 Å². The number of carbonyl (C=O) groups excluding carboxylic acids is 2. The zero-order chi connectivity index (χ0) is 24.3. The molecule has 2 N–H and O–H groups in total. The molecule has 0 saturated carbocycles. The van der Waals surface area contributed by atoms with Gasteiger partial charge in [-0.15, -0.1) is 0 Å². The van der Waals surface area contributed by atoms with Crippen molar-refractivity contribution in [1.29, 1.82) is 0 Å². The van der Waals surface area contributed by atoms with Crippen LogP contribution in [0.4, 0.5) is 11.4 Å². The molecule has 1 aliphatic rings. The van der Waals surface area contributed by atoms with Gasteiger partial charge in [0.05, 0.1) is 32.1 Å². The topological polar surface area (TPSA) is 79.9 Å². The predicted octanol–water partition coefficient (Wildman–Crippen LogP) is 4.22. The van der Waals surface area contributed by atoms with Crippen LogP contribution in [0, 0.1) is 0 Å². The standard InChI is InChI=1S/C28H31N3O4/c32-27(30-24-12-6-11-23(20-24)28(33)31-15-18-34-19-16-31)21-29-25-13-4-5-14-26(25)35-17-7-10-22-8-2-1-3-9-22/h1-6,8-9,11-14,20,29H,7,10,15-19,21H2,(H,30,32). The normalized spacial score (nSPS) is 13.2. The van der Waals surface area contributed by atoms with Gasteiger partial charge in [-0.1, -0.05) is 48.5 Å². The average Bonchev–Trinajstić information content (AvgIpc) is 2.91. The van der Waals surface area contributed by atoms with Gasteiger partial charge < -0.3 is 25.0 Å². The van der Waals surface area contributed by atoms with Gasteiger partial charge in [0.15, 0.2) is 0 Å². The van der Waals surface area contributed by atoms with Crippen molar-refractivity contribution in [3.8, 4) is 5.75 Å². The maximum atomic E-state index is 12.7. The second kappa shape index (κ2) is 12.6. The lowest BCUT2D eigenvalue weighted by Crippen LogP contribution is -2.40. The number of hydrogen-bond acceptors (Lipinski definition) is 5. The minimum Gasteiger partial charge on any atom is -0.491 e. The van der Waals surface area contributed by atoms with Gasteiger partial charge in [0, 0.05) is 24.3 Å². The van der Waals surface area contributed by atoms with E-state index in [9.17, 15) is 9.59 Å². The number of para-hydroxylation sites is 2. The van der Waals surface area contributed by atoms with Crippen LogP contribution >= 0.6 is 0 Å². The van der Waals surface area contributed by atoms with Crippen molar-refractivity contribution in [2.24, 2.45) is 0 Å². The highest BCUT2D eigenvalue weighted by atomic mass is 16.5. The Bertz CT molecular complexity index is 1110. The lowest BCUT2D eigenvalue weighted by Gasteiger charge is -2.27. The van der Waals surface area contributed by atoms with Crippen molar-refractivity contribution in [1.82, 2.24) is 4.90 Å². The third-order valence-electron chi connectivity index (χ3n) is 5.73. The molecular formula is C28H31N3O4. The summed E-state index contributed by atoms with van der Waals surface area (Å²) in [7, 11) is 0. The van der Waals surface area contributed by atoms with E-state index >= 15 is 0 Å². The minimum absolute atomic E-state index is 0.0548. The summed E-state index contributed by atoms with van der Waals surface area (Å²) in [6.45, 7) is 2.91. The van der Waals surface area contributed by atoms with E-state index in [1.807, 2.05) is 42.5 Å². The summed E-state index contributed by atoms with van der Waals surface area (Å²) in [5.41, 5.74) is 3.18. The Morgan fingerprint density at radius 3 is 2.51 bits per heavy atom. The molecule has 0 aromatic heterocycles. The molecule has 3 aromatic carbocycles. The van der Waals surface area contributed by atoms with E-state index in [4.69, 9.17) is 9.47 Å². The number of anilines is 2. The summed E-state index contributed by atoms with van der Waals surface area (Å²) in [4.78, 5) is 27.0. The number of hydrogen-bond donors (Lipinski definition) is 2. The molecule has 0 aliphatic carbocycles. The van der Waals surface area contributed by atoms with Gasteiger partial charge in [-0.05, 0) is 48.7 Å². The van der Waals surface area contributed by atoms with Gasteiger partial charge in [0.25, 0.3) is 5.91 Å². The molecule has 0 bridgehead atoms. The van der Waals surface area contributed by atoms with E-state index in [1.165, 1.54) is 5.56 Å². The Balaban J connectivity index is 1.26. The molecule has 3 aromatic rings. The molecule has 1 heterocycles. The summed E-state index contributed by atoms with van der Waals surface area (Å²) in [6, 6.07) is 24.9. The van der Waals surface area contributed by atoms with Crippen molar-refractivity contribution >= 4 is 23.2 Å². The fourth-order valence-corrected chi connectivity index (χ4v) is 3.90. The van der Waals surface area contributed by atoms with Crippen LogP contribution in [0.2, 0.25) is 0 Å². The Kier molecular flexibility index (Phi) is 8.73. The van der Waals surface area contributed by atoms with Crippen LogP contribution in [0.1, 0.15) is 22.3 Å². The summed E-state index contributed by atoms with van der Waals surface area (Å²) >= 11 is 0. The molecular weight excluding hydrogens is 442 g/mol. The lowest BCUT2D eigenvalue weighted by atomic mass is 10.1. The van der Waals surface area contributed by atoms with Crippen molar-refractivity contribution in [3.05, 3.63) is 90.0 Å². The molecule has 2 amide bonds. The number of nitrogens with zero attached hydrogens (tertiary/aromatic N) is 1. The largest absolute Gasteiger partial charge is 0.491 e. The predicted molar refractivity (Wildman–Crippen MR) is 137 cm³/mol. The summed E-state index contributed by atoms with van der Waals surface area (Å²) in [6.07, 6.45) is 1.85. The Labute approximate surface area is 206 Å². The number of rotatable bonds is 10. The molecule has 0 spiro atoms. The Morgan fingerprint density at radius 2 is 1.69 bits per heavy atom. The molecule has 0 atom stereocenters. The highest BCUT2D eigenvalue weighted by Crippen LogP contribution is 2.24. The van der Waals surface area contributed by atoms with Crippen molar-refractivity contribution in [2.45, 2.75) is 12.8 Å². The lowest BCUT2D eigenvalue weighted by molar-refractivity contribution is -0.114. The maximum absolute atomic E-state index is 12.7. The number of aryl methyl sites for hydroxylation is 1. The zero-order valence-corrected chi connectivity index (χ0v) is 19.7. The highest BCUT2D eigenvalue weighted by Gasteiger charge is 2.18. The van der Waals surface area contributed by atoms with Gasteiger partial charge in [-0.2, -0.15) is 0 Å². The van der Waals surface area contributed by atoms with Gasteiger partial charge in [-0.3, -0.25) is 9.59 Å². The number of morpholine rings is 1. The smallest absolute Gasteiger partial charge is 0.254 e. The second-order valence-electron chi connectivity index (χ2n) is 8.32. The molecule has 7 nitrogen and oxygen atoms in total. The third-order valence-corrected chi connectivity index (χ3v) is 5.73. The average molecular weight is 474 g/mol. The van der Waals surface area contributed by atoms with Crippen molar-refractivity contribution < 1.29 is 19.1 Å². The van der Waals surface area contributed by atoms with Crippen LogP contribution in [-0.4, -0.2) is 56.2 Å². The number of nitrogens with one attached hydrogen (secondary N) is 2. The van der Waals surface area contributed by atoms with E-state index in [1.54, 1.807) is 29.2 Å². The summed E-state index contributed by atoms with van der Waals surface area (Å²) < 4.78 is 11.3. The van der Waals surface area contributed by atoms with E-state index in [0.29, 0.717) is 49.9 Å². The first-order valence-electron chi connectivity index (χ1n) is 12.0. The monoisotopic (exact) mass is 473 g/mol. The fraction of sp³-hybridized carbons (Fsp3) is 0.286. The second-order valence-corrected chi connectivity index (χ2v) is 8.32. The molecule has 4 rings (SSSR count). The van der Waals surface area contributed by atoms with E-state index < -0.39 is 0 Å². The molecule has 7 heteroatoms. The quantitative estimate of drug-likeness (QED) is 0.431. The van der Waals surface area contributed by atoms with Crippen LogP contribution in [0.5, 0.6) is 5.75 Å². The maximum Gasteiger partial charge on any atom is 0.254 e. The number of amides is 2. The van der Waals surface area contributed by atoms with Crippen LogP contribution in [0.15, 0.2) is 78.9 Å². The van der Waals surface area contributed by atoms with Crippen LogP contribution in [0.3, 0.4) is 0 Å². The number of ether oxygens (including phenoxy) is 2. The van der Waals surface area contributed by atoms with Gasteiger partial charge in [0.1, 0.15) is 5.75 Å². The summed E-state index contributed by atoms with van der Waals surface area (Å²) in [5.74, 6) is 0.451. The molecule has 0 unspecified atom stereocenters. The first-order valence-corrected chi connectivity index (χ1v) is 12.0. The molecule has 1 saturated heterocycles. The van der Waals surface area contributed by atoms with Crippen LogP contribution in [-0.2, 0) is 16.0 Å². The SMILES string of the molecule is O=C(CNc1ccccc1OCCCc1ccccc1)Nc1cccc(C(=O)N2CCOCC2)c1. The van der Waals surface area contributed by atoms with Crippen molar-refractivity contribution in [3.63, 3.8) is 0 Å². The highest BCUT2D eigenvalue weighted by molar-refractivity contribution is 5.98. The zero-order valence-electron chi connectivity index (χ0n) is 19.7. The van der Waals surface area contributed by atoms with Gasteiger partial charge in [0.2, 0.25) is 5.91 Å². The molecule has 35 heavy (non-hydrogen) atoms. The molecule has 182 valence electrons. The Morgan fingerprint density at radius 1 is 0.914 bits per heavy atom. The first-order chi connectivity index (χ1) is 17.2. The van der Waals surface area contributed by atoms with Crippen molar-refractivity contribution in [2.75, 3.05) is 50.1 Å². The van der Waals surface area contributed by atoms with Gasteiger partial charge >= 0.3 is 0 Å². The molecule has 1 aliphatic heterocycles. The van der Waals surface area contributed by atoms with Crippen LogP contribution < -0.4 is 15.4 Å². The van der Waals surface area contributed by atoms with E-state index in [-0.39, 0.29) is 18.4 Å². The fourth-order valence-electron chi connectivity index (χ4n) is 3.90. The van der Waals surface area contributed by atoms with E-state index in [2.05, 4.69) is 22.8 Å². The van der Waals surface area contributed by atoms with Crippen LogP contribution in [0.25, 0.3) is 0 Å². The minimum atomic E-state index is -0.208. The van der Waals surface area contributed by atoms with Gasteiger partial charge in [-0.25, -0.2) is 0 Å². The number of carbonyl (C=O) groups is 2. The Hall–Kier alpha value is -3.84. The first kappa shape index (κ1) is 24.3.